The fraction of sp³-hybridized carbons (Fsp3) is 0.118. The van der Waals surface area contributed by atoms with Crippen LogP contribution in [-0.4, -0.2) is 19.1 Å². The molecular formula is C17H16N2O. The van der Waals surface area contributed by atoms with Crippen LogP contribution in [0.25, 0.3) is 22.6 Å². The molecule has 3 nitrogen and oxygen atoms in total. The van der Waals surface area contributed by atoms with E-state index in [9.17, 15) is 0 Å². The number of aromatic nitrogens is 1. The second-order valence-electron chi connectivity index (χ2n) is 4.83. The van der Waals surface area contributed by atoms with E-state index in [0.717, 1.165) is 5.56 Å². The van der Waals surface area contributed by atoms with E-state index >= 15 is 0 Å². The van der Waals surface area contributed by atoms with Gasteiger partial charge in [-0.1, -0.05) is 30.3 Å². The average Bonchev–Trinajstić information content (AvgIpc) is 3.02. The van der Waals surface area contributed by atoms with Gasteiger partial charge in [-0.15, -0.1) is 0 Å². The Morgan fingerprint density at radius 3 is 2.40 bits per heavy atom. The number of oxazole rings is 1. The van der Waals surface area contributed by atoms with Crippen molar-refractivity contribution in [1.29, 1.82) is 0 Å². The topological polar surface area (TPSA) is 29.3 Å². The molecule has 0 aliphatic heterocycles. The highest BCUT2D eigenvalue weighted by Gasteiger charge is 2.10. The van der Waals surface area contributed by atoms with Gasteiger partial charge in [-0.3, -0.25) is 0 Å². The fourth-order valence-corrected chi connectivity index (χ4v) is 2.27. The Hall–Kier alpha value is -2.55. The number of rotatable bonds is 3. The molecule has 0 radical (unpaired) electrons. The summed E-state index contributed by atoms with van der Waals surface area (Å²) >= 11 is 0. The summed E-state index contributed by atoms with van der Waals surface area (Å²) in [6, 6.07) is 16.6. The minimum absolute atomic E-state index is 0.646. The van der Waals surface area contributed by atoms with Crippen molar-refractivity contribution in [1.82, 2.24) is 4.98 Å². The summed E-state index contributed by atoms with van der Waals surface area (Å²) in [6.07, 6.45) is 3.26. The van der Waals surface area contributed by atoms with Crippen molar-refractivity contribution in [3.63, 3.8) is 0 Å². The molecule has 0 saturated heterocycles. The Labute approximate surface area is 118 Å². The van der Waals surface area contributed by atoms with Crippen molar-refractivity contribution in [3.8, 4) is 22.6 Å². The minimum Gasteiger partial charge on any atom is -0.445 e. The quantitative estimate of drug-likeness (QED) is 0.714. The van der Waals surface area contributed by atoms with Crippen molar-refractivity contribution < 1.29 is 4.42 Å². The van der Waals surface area contributed by atoms with Crippen LogP contribution < -0.4 is 4.90 Å². The maximum Gasteiger partial charge on any atom is 0.225 e. The van der Waals surface area contributed by atoms with Crippen molar-refractivity contribution in [2.45, 2.75) is 0 Å². The van der Waals surface area contributed by atoms with Crippen molar-refractivity contribution in [2.24, 2.45) is 0 Å². The molecule has 0 aliphatic rings. The van der Waals surface area contributed by atoms with Crippen LogP contribution in [0.2, 0.25) is 0 Å². The molecule has 0 spiro atoms. The third-order valence-corrected chi connectivity index (χ3v) is 3.24. The molecule has 1 aromatic heterocycles. The lowest BCUT2D eigenvalue weighted by molar-refractivity contribution is 0.574. The summed E-state index contributed by atoms with van der Waals surface area (Å²) in [5.41, 5.74) is 4.52. The second kappa shape index (κ2) is 5.21. The van der Waals surface area contributed by atoms with Gasteiger partial charge in [0.25, 0.3) is 0 Å². The molecule has 0 unspecified atom stereocenters. The Morgan fingerprint density at radius 2 is 1.75 bits per heavy atom. The summed E-state index contributed by atoms with van der Waals surface area (Å²) in [6.45, 7) is 0. The molecule has 0 atom stereocenters. The Morgan fingerprint density at radius 1 is 0.950 bits per heavy atom. The van der Waals surface area contributed by atoms with Gasteiger partial charge in [0, 0.05) is 30.9 Å². The molecule has 1 heterocycles. The number of benzene rings is 2. The molecule has 0 aliphatic carbocycles. The zero-order valence-electron chi connectivity index (χ0n) is 11.6. The first kappa shape index (κ1) is 12.5. The fourth-order valence-electron chi connectivity index (χ4n) is 2.27. The van der Waals surface area contributed by atoms with E-state index in [1.165, 1.54) is 16.8 Å². The van der Waals surface area contributed by atoms with E-state index in [1.54, 1.807) is 12.5 Å². The first-order valence-electron chi connectivity index (χ1n) is 6.52. The Kier molecular flexibility index (Phi) is 3.25. The molecule has 0 N–H and O–H groups in total. The molecule has 0 bridgehead atoms. The zero-order valence-corrected chi connectivity index (χ0v) is 11.6. The number of hydrogen-bond donors (Lipinski definition) is 0. The highest BCUT2D eigenvalue weighted by atomic mass is 16.3. The first-order chi connectivity index (χ1) is 9.75. The van der Waals surface area contributed by atoms with Gasteiger partial charge in [0.15, 0.2) is 0 Å². The van der Waals surface area contributed by atoms with Gasteiger partial charge in [-0.05, 0) is 23.8 Å². The van der Waals surface area contributed by atoms with Crippen molar-refractivity contribution in [3.05, 3.63) is 61.0 Å². The van der Waals surface area contributed by atoms with Gasteiger partial charge in [0.2, 0.25) is 5.89 Å². The van der Waals surface area contributed by atoms with Crippen LogP contribution in [0.5, 0.6) is 0 Å². The molecule has 3 rings (SSSR count). The predicted octanol–water partition coefficient (Wildman–Crippen LogP) is 4.07. The summed E-state index contributed by atoms with van der Waals surface area (Å²) in [7, 11) is 4.10. The number of anilines is 1. The average molecular weight is 264 g/mol. The van der Waals surface area contributed by atoms with Crippen LogP contribution in [-0.2, 0) is 0 Å². The van der Waals surface area contributed by atoms with Crippen LogP contribution in [0.15, 0.2) is 65.4 Å². The van der Waals surface area contributed by atoms with Crippen LogP contribution >= 0.6 is 0 Å². The van der Waals surface area contributed by atoms with Crippen LogP contribution in [0, 0.1) is 0 Å². The molecule has 0 amide bonds. The maximum atomic E-state index is 5.39. The highest BCUT2D eigenvalue weighted by molar-refractivity contribution is 5.82. The van der Waals surface area contributed by atoms with Gasteiger partial charge in [-0.2, -0.15) is 0 Å². The zero-order chi connectivity index (χ0) is 13.9. The molecule has 0 fully saturated rings. The van der Waals surface area contributed by atoms with Crippen LogP contribution in [0.4, 0.5) is 5.69 Å². The van der Waals surface area contributed by atoms with E-state index in [1.807, 2.05) is 38.4 Å². The smallest absolute Gasteiger partial charge is 0.225 e. The molecule has 100 valence electrons. The third-order valence-electron chi connectivity index (χ3n) is 3.24. The van der Waals surface area contributed by atoms with Crippen molar-refractivity contribution in [2.75, 3.05) is 19.0 Å². The first-order valence-corrected chi connectivity index (χ1v) is 6.52. The largest absolute Gasteiger partial charge is 0.445 e. The van der Waals surface area contributed by atoms with Gasteiger partial charge >= 0.3 is 0 Å². The lowest BCUT2D eigenvalue weighted by Gasteiger charge is -2.18. The van der Waals surface area contributed by atoms with Crippen LogP contribution in [0.3, 0.4) is 0 Å². The molecule has 0 saturated carbocycles. The molecule has 3 heteroatoms. The highest BCUT2D eigenvalue weighted by Crippen LogP contribution is 2.33. The third kappa shape index (κ3) is 2.30. The summed E-state index contributed by atoms with van der Waals surface area (Å²) < 4.78 is 5.39. The van der Waals surface area contributed by atoms with E-state index in [-0.39, 0.29) is 0 Å². The van der Waals surface area contributed by atoms with Gasteiger partial charge < -0.3 is 9.32 Å². The minimum atomic E-state index is 0.646. The van der Waals surface area contributed by atoms with Crippen molar-refractivity contribution >= 4 is 5.69 Å². The van der Waals surface area contributed by atoms with E-state index in [4.69, 9.17) is 4.42 Å². The monoisotopic (exact) mass is 264 g/mol. The predicted molar refractivity (Wildman–Crippen MR) is 81.7 cm³/mol. The lowest BCUT2D eigenvalue weighted by atomic mass is 10.0. The van der Waals surface area contributed by atoms with E-state index in [0.29, 0.717) is 5.89 Å². The van der Waals surface area contributed by atoms with Gasteiger partial charge in [0.05, 0.1) is 6.20 Å². The van der Waals surface area contributed by atoms with Crippen LogP contribution in [0.1, 0.15) is 0 Å². The molecular weight excluding hydrogens is 248 g/mol. The SMILES string of the molecule is CN(C)c1ccc(-c2ncco2)cc1-c1ccccc1. The molecule has 2 aromatic carbocycles. The van der Waals surface area contributed by atoms with E-state index < -0.39 is 0 Å². The number of hydrogen-bond acceptors (Lipinski definition) is 3. The summed E-state index contributed by atoms with van der Waals surface area (Å²) in [5.74, 6) is 0.646. The number of nitrogens with zero attached hydrogens (tertiary/aromatic N) is 2. The van der Waals surface area contributed by atoms with E-state index in [2.05, 4.69) is 34.1 Å². The summed E-state index contributed by atoms with van der Waals surface area (Å²) in [5, 5.41) is 0. The second-order valence-corrected chi connectivity index (χ2v) is 4.83. The molecule has 20 heavy (non-hydrogen) atoms. The Bertz CT molecular complexity index is 688. The lowest BCUT2D eigenvalue weighted by Crippen LogP contribution is -2.10. The van der Waals surface area contributed by atoms with Gasteiger partial charge in [-0.25, -0.2) is 4.98 Å². The van der Waals surface area contributed by atoms with Gasteiger partial charge in [0.1, 0.15) is 6.26 Å². The standard InChI is InChI=1S/C17H16N2O/c1-19(2)16-9-8-14(17-18-10-11-20-17)12-15(16)13-6-4-3-5-7-13/h3-12H,1-2H3. The summed E-state index contributed by atoms with van der Waals surface area (Å²) in [4.78, 5) is 6.33. The molecule has 3 aromatic rings. The Balaban J connectivity index is 2.16. The normalized spacial score (nSPS) is 10.5. The maximum absolute atomic E-state index is 5.39.